The van der Waals surface area contributed by atoms with Gasteiger partial charge in [0.2, 0.25) is 0 Å². The van der Waals surface area contributed by atoms with Gasteiger partial charge in [-0.25, -0.2) is 0 Å². The molecule has 0 amide bonds. The molecular formula is C68H134NO8P. The predicted octanol–water partition coefficient (Wildman–Crippen LogP) is 21.3. The zero-order chi connectivity index (χ0) is 57.0. The highest BCUT2D eigenvalue weighted by Gasteiger charge is 2.22. The van der Waals surface area contributed by atoms with E-state index in [1.54, 1.807) is 0 Å². The first-order valence-electron chi connectivity index (χ1n) is 34.4. The number of unbranched alkanes of at least 4 members (excludes halogenated alkanes) is 49. The van der Waals surface area contributed by atoms with Gasteiger partial charge in [0.25, 0.3) is 7.82 Å². The van der Waals surface area contributed by atoms with Gasteiger partial charge in [-0.3, -0.25) is 14.2 Å². The summed E-state index contributed by atoms with van der Waals surface area (Å²) in [6.07, 6.45) is 73.0. The summed E-state index contributed by atoms with van der Waals surface area (Å²) < 4.78 is 34.3. The summed E-state index contributed by atoms with van der Waals surface area (Å²) in [5.41, 5.74) is 0. The molecule has 0 rings (SSSR count). The van der Waals surface area contributed by atoms with Crippen LogP contribution in [0.5, 0.6) is 0 Å². The molecule has 0 aliphatic rings. The van der Waals surface area contributed by atoms with Gasteiger partial charge in [-0.2, -0.15) is 0 Å². The number of quaternary nitrogens is 1. The number of phosphoric ester groups is 1. The zero-order valence-corrected chi connectivity index (χ0v) is 53.8. The molecule has 0 aromatic heterocycles. The molecule has 9 nitrogen and oxygen atoms in total. The van der Waals surface area contributed by atoms with Crippen LogP contribution >= 0.6 is 7.82 Å². The van der Waals surface area contributed by atoms with Gasteiger partial charge < -0.3 is 27.9 Å². The van der Waals surface area contributed by atoms with Gasteiger partial charge in [-0.05, 0) is 38.5 Å². The highest BCUT2D eigenvalue weighted by molar-refractivity contribution is 7.45. The second-order valence-electron chi connectivity index (χ2n) is 24.9. The first-order chi connectivity index (χ1) is 38.0. The van der Waals surface area contributed by atoms with Crippen molar-refractivity contribution in [2.75, 3.05) is 47.5 Å². The Morgan fingerprint density at radius 3 is 0.949 bits per heavy atom. The molecule has 0 radical (unpaired) electrons. The van der Waals surface area contributed by atoms with E-state index in [0.717, 1.165) is 32.1 Å². The molecule has 0 aliphatic carbocycles. The summed E-state index contributed by atoms with van der Waals surface area (Å²) >= 11 is 0. The molecule has 0 bridgehead atoms. The fourth-order valence-electron chi connectivity index (χ4n) is 10.5. The number of hydrogen-bond donors (Lipinski definition) is 0. The van der Waals surface area contributed by atoms with Crippen molar-refractivity contribution in [3.8, 4) is 0 Å². The lowest BCUT2D eigenvalue weighted by atomic mass is 10.0. The number of carbonyl (C=O) groups is 2. The molecule has 464 valence electrons. The summed E-state index contributed by atoms with van der Waals surface area (Å²) in [6, 6.07) is 0. The highest BCUT2D eigenvalue weighted by Crippen LogP contribution is 2.38. The number of esters is 2. The minimum Gasteiger partial charge on any atom is -0.756 e. The van der Waals surface area contributed by atoms with Crippen LogP contribution in [0.2, 0.25) is 0 Å². The predicted molar refractivity (Wildman–Crippen MR) is 333 cm³/mol. The van der Waals surface area contributed by atoms with Crippen molar-refractivity contribution in [2.24, 2.45) is 0 Å². The van der Waals surface area contributed by atoms with E-state index in [1.165, 1.54) is 295 Å². The van der Waals surface area contributed by atoms with Gasteiger partial charge in [0, 0.05) is 12.8 Å². The first-order valence-corrected chi connectivity index (χ1v) is 35.9. The van der Waals surface area contributed by atoms with E-state index in [1.807, 2.05) is 21.1 Å². The Morgan fingerprint density at radius 2 is 0.654 bits per heavy atom. The minimum atomic E-state index is -4.63. The maximum atomic E-state index is 12.8. The second-order valence-corrected chi connectivity index (χ2v) is 26.3. The zero-order valence-electron chi connectivity index (χ0n) is 52.9. The molecule has 0 aromatic carbocycles. The fourth-order valence-corrected chi connectivity index (χ4v) is 11.2. The Bertz CT molecular complexity index is 1320. The van der Waals surface area contributed by atoms with E-state index in [2.05, 4.69) is 26.0 Å². The first kappa shape index (κ1) is 76.8. The van der Waals surface area contributed by atoms with Crippen molar-refractivity contribution in [3.63, 3.8) is 0 Å². The number of ether oxygens (including phenoxy) is 2. The smallest absolute Gasteiger partial charge is 0.306 e. The van der Waals surface area contributed by atoms with Crippen LogP contribution in [0.15, 0.2) is 12.2 Å². The standard InChI is InChI=1S/C68H134NO8P/c1-6-8-10-12-14-16-18-20-22-24-26-28-29-30-31-32-33-34-35-36-37-38-39-41-43-45-47-49-51-53-55-57-59-61-68(71)77-66(65-76-78(72,73)75-63-62-69(3,4)5)64-74-67(70)60-58-56-54-52-50-48-46-44-42-40-27-25-23-21-19-17-15-13-11-9-7-2/h24,26,66H,6-23,25,27-65H2,1-5H3/b26-24-. The lowest BCUT2D eigenvalue weighted by Gasteiger charge is -2.28. The molecule has 10 heteroatoms. The monoisotopic (exact) mass is 1120 g/mol. The van der Waals surface area contributed by atoms with Gasteiger partial charge in [-0.15, -0.1) is 0 Å². The molecule has 0 spiro atoms. The molecule has 2 unspecified atom stereocenters. The average Bonchev–Trinajstić information content (AvgIpc) is 3.41. The Morgan fingerprint density at radius 1 is 0.385 bits per heavy atom. The molecule has 2 atom stereocenters. The van der Waals surface area contributed by atoms with Gasteiger partial charge in [0.15, 0.2) is 6.10 Å². The number of rotatable bonds is 65. The van der Waals surface area contributed by atoms with Crippen LogP contribution in [-0.4, -0.2) is 70.0 Å². The maximum Gasteiger partial charge on any atom is 0.306 e. The molecule has 0 fully saturated rings. The number of phosphoric acid groups is 1. The lowest BCUT2D eigenvalue weighted by molar-refractivity contribution is -0.870. The van der Waals surface area contributed by atoms with Gasteiger partial charge >= 0.3 is 11.9 Å². The van der Waals surface area contributed by atoms with Crippen molar-refractivity contribution in [1.82, 2.24) is 0 Å². The lowest BCUT2D eigenvalue weighted by Crippen LogP contribution is -2.37. The van der Waals surface area contributed by atoms with Crippen molar-refractivity contribution in [3.05, 3.63) is 12.2 Å². The Kier molecular flexibility index (Phi) is 59.4. The molecule has 0 aromatic rings. The number of carbonyl (C=O) groups excluding carboxylic acids is 2. The van der Waals surface area contributed by atoms with Crippen LogP contribution in [0, 0.1) is 0 Å². The summed E-state index contributed by atoms with van der Waals surface area (Å²) in [6.45, 7) is 4.32. The molecule has 0 saturated heterocycles. The van der Waals surface area contributed by atoms with Crippen LogP contribution in [0.3, 0.4) is 0 Å². The number of nitrogens with zero attached hydrogens (tertiary/aromatic N) is 1. The third-order valence-electron chi connectivity index (χ3n) is 15.8. The minimum absolute atomic E-state index is 0.0258. The Balaban J connectivity index is 3.96. The highest BCUT2D eigenvalue weighted by atomic mass is 31.2. The number of allylic oxidation sites excluding steroid dienone is 2. The normalized spacial score (nSPS) is 13.2. The maximum absolute atomic E-state index is 12.8. The van der Waals surface area contributed by atoms with Crippen molar-refractivity contribution < 1.29 is 42.1 Å². The molecule has 78 heavy (non-hydrogen) atoms. The van der Waals surface area contributed by atoms with Gasteiger partial charge in [-0.1, -0.05) is 321 Å². The number of hydrogen-bond acceptors (Lipinski definition) is 8. The van der Waals surface area contributed by atoms with E-state index in [0.29, 0.717) is 17.4 Å². The molecule has 0 saturated carbocycles. The van der Waals surface area contributed by atoms with E-state index in [4.69, 9.17) is 18.5 Å². The molecule has 0 N–H and O–H groups in total. The quantitative estimate of drug-likeness (QED) is 0.0195. The average molecular weight is 1120 g/mol. The van der Waals surface area contributed by atoms with Crippen LogP contribution in [0.25, 0.3) is 0 Å². The van der Waals surface area contributed by atoms with Crippen LogP contribution < -0.4 is 4.89 Å². The second kappa shape index (κ2) is 60.3. The fraction of sp³-hybridized carbons (Fsp3) is 0.941. The summed E-state index contributed by atoms with van der Waals surface area (Å²) in [5.74, 6) is -0.807. The van der Waals surface area contributed by atoms with Crippen LogP contribution in [0.1, 0.15) is 361 Å². The third kappa shape index (κ3) is 63.9. The van der Waals surface area contributed by atoms with E-state index in [9.17, 15) is 19.0 Å². The van der Waals surface area contributed by atoms with Crippen molar-refractivity contribution in [1.29, 1.82) is 0 Å². The van der Waals surface area contributed by atoms with Gasteiger partial charge in [0.05, 0.1) is 27.7 Å². The number of likely N-dealkylation sites (N-methyl/N-ethyl adjacent to an activating group) is 1. The summed E-state index contributed by atoms with van der Waals surface area (Å²) in [5, 5.41) is 0. The molecular weight excluding hydrogens is 990 g/mol. The Labute approximate surface area is 486 Å². The Hall–Kier alpha value is -1.25. The van der Waals surface area contributed by atoms with Gasteiger partial charge in [0.1, 0.15) is 19.8 Å². The third-order valence-corrected chi connectivity index (χ3v) is 16.7. The largest absolute Gasteiger partial charge is 0.756 e. The van der Waals surface area contributed by atoms with Crippen molar-refractivity contribution >= 4 is 19.8 Å². The van der Waals surface area contributed by atoms with E-state index in [-0.39, 0.29) is 32.0 Å². The topological polar surface area (TPSA) is 111 Å². The van der Waals surface area contributed by atoms with E-state index >= 15 is 0 Å². The van der Waals surface area contributed by atoms with Crippen molar-refractivity contribution in [2.45, 2.75) is 367 Å². The van der Waals surface area contributed by atoms with E-state index < -0.39 is 26.5 Å². The van der Waals surface area contributed by atoms with Crippen LogP contribution in [0.4, 0.5) is 0 Å². The molecule has 0 heterocycles. The molecule has 0 aliphatic heterocycles. The van der Waals surface area contributed by atoms with Crippen LogP contribution in [-0.2, 0) is 32.7 Å². The SMILES string of the molecule is CCCCCCCCCC/C=C\CCCCCCCCCCCCCCCCCCCCCCCC(=O)OC(COC(=O)CCCCCCCCCCCCCCCCCCCCCCC)COP(=O)([O-])OCC[N+](C)(C)C. The summed E-state index contributed by atoms with van der Waals surface area (Å²) in [4.78, 5) is 38.0. The summed E-state index contributed by atoms with van der Waals surface area (Å²) in [7, 11) is 1.19.